The molecule has 0 radical (unpaired) electrons. The van der Waals surface area contributed by atoms with Gasteiger partial charge in [0.1, 0.15) is 11.9 Å². The minimum atomic E-state index is -0.966. The van der Waals surface area contributed by atoms with E-state index in [1.54, 1.807) is 11.8 Å². The molecule has 2 unspecified atom stereocenters. The molecule has 1 aromatic carbocycles. The minimum Gasteiger partial charge on any atom is -0.480 e. The van der Waals surface area contributed by atoms with Gasteiger partial charge in [-0.15, -0.1) is 11.8 Å². The lowest BCUT2D eigenvalue weighted by atomic mass is 9.88. The highest BCUT2D eigenvalue weighted by molar-refractivity contribution is 8.00. The zero-order chi connectivity index (χ0) is 16.4. The van der Waals surface area contributed by atoms with Gasteiger partial charge in [-0.05, 0) is 43.0 Å². The summed E-state index contributed by atoms with van der Waals surface area (Å²) < 4.78 is 13.1. The highest BCUT2D eigenvalue weighted by Crippen LogP contribution is 2.41. The Kier molecular flexibility index (Phi) is 4.90. The van der Waals surface area contributed by atoms with Crippen LogP contribution in [0.1, 0.15) is 42.5 Å². The fourth-order valence-electron chi connectivity index (χ4n) is 3.50. The van der Waals surface area contributed by atoms with Crippen LogP contribution < -0.4 is 0 Å². The fraction of sp³-hybridized carbons (Fsp3) is 0.529. The van der Waals surface area contributed by atoms with Crippen LogP contribution in [0.5, 0.6) is 0 Å². The largest absolute Gasteiger partial charge is 0.480 e. The summed E-state index contributed by atoms with van der Waals surface area (Å²) in [5.41, 5.74) is 0.348. The lowest BCUT2D eigenvalue weighted by molar-refractivity contribution is -0.141. The van der Waals surface area contributed by atoms with Gasteiger partial charge in [0, 0.05) is 11.3 Å². The number of carbonyl (C=O) groups excluding carboxylic acids is 1. The van der Waals surface area contributed by atoms with Crippen molar-refractivity contribution >= 4 is 23.6 Å². The third-order valence-electron chi connectivity index (χ3n) is 4.70. The van der Waals surface area contributed by atoms with Crippen molar-refractivity contribution in [3.63, 3.8) is 0 Å². The van der Waals surface area contributed by atoms with E-state index in [1.165, 1.54) is 35.6 Å². The molecule has 1 saturated heterocycles. The molecule has 0 bridgehead atoms. The number of hydrogen-bond donors (Lipinski definition) is 1. The number of nitrogens with zero attached hydrogens (tertiary/aromatic N) is 1. The predicted octanol–water partition coefficient (Wildman–Crippen LogP) is 3.37. The SMILES string of the molecule is O=C(O)C1CSC(C2CCCCC2)N1C(=O)c1ccc(F)cc1. The molecule has 2 fully saturated rings. The van der Waals surface area contributed by atoms with Gasteiger partial charge < -0.3 is 10.0 Å². The average molecular weight is 337 g/mol. The minimum absolute atomic E-state index is 0.0889. The summed E-state index contributed by atoms with van der Waals surface area (Å²) in [5, 5.41) is 9.38. The van der Waals surface area contributed by atoms with Gasteiger partial charge in [0.05, 0.1) is 5.37 Å². The van der Waals surface area contributed by atoms with E-state index in [4.69, 9.17) is 0 Å². The van der Waals surface area contributed by atoms with E-state index in [2.05, 4.69) is 0 Å². The van der Waals surface area contributed by atoms with Gasteiger partial charge in [0.2, 0.25) is 0 Å². The molecule has 0 aromatic heterocycles. The van der Waals surface area contributed by atoms with Crippen molar-refractivity contribution in [3.05, 3.63) is 35.6 Å². The topological polar surface area (TPSA) is 57.6 Å². The monoisotopic (exact) mass is 337 g/mol. The Morgan fingerprint density at radius 3 is 2.39 bits per heavy atom. The summed E-state index contributed by atoms with van der Waals surface area (Å²) in [6.07, 6.45) is 5.56. The smallest absolute Gasteiger partial charge is 0.327 e. The molecule has 0 spiro atoms. The molecule has 4 nitrogen and oxygen atoms in total. The molecule has 1 saturated carbocycles. The second-order valence-corrected chi connectivity index (χ2v) is 7.34. The first-order chi connectivity index (χ1) is 11.1. The molecule has 3 rings (SSSR count). The molecule has 2 atom stereocenters. The highest BCUT2D eigenvalue weighted by atomic mass is 32.2. The molecule has 6 heteroatoms. The van der Waals surface area contributed by atoms with Gasteiger partial charge in [-0.2, -0.15) is 0 Å². The third-order valence-corrected chi connectivity index (χ3v) is 6.16. The predicted molar refractivity (Wildman–Crippen MR) is 86.8 cm³/mol. The van der Waals surface area contributed by atoms with E-state index in [0.717, 1.165) is 25.7 Å². The molecule has 23 heavy (non-hydrogen) atoms. The van der Waals surface area contributed by atoms with Crippen molar-refractivity contribution in [2.24, 2.45) is 5.92 Å². The van der Waals surface area contributed by atoms with Gasteiger partial charge in [-0.1, -0.05) is 19.3 Å². The van der Waals surface area contributed by atoms with E-state index >= 15 is 0 Å². The fourth-order valence-corrected chi connectivity index (χ4v) is 5.13. The Bertz CT molecular complexity index is 586. The van der Waals surface area contributed by atoms with Crippen LogP contribution in [0, 0.1) is 11.7 Å². The number of thioether (sulfide) groups is 1. The van der Waals surface area contributed by atoms with E-state index in [0.29, 0.717) is 17.2 Å². The molecular weight excluding hydrogens is 317 g/mol. The number of aliphatic carboxylic acids is 1. The van der Waals surface area contributed by atoms with Crippen LogP contribution in [0.4, 0.5) is 4.39 Å². The van der Waals surface area contributed by atoms with Crippen LogP contribution in [0.2, 0.25) is 0 Å². The Labute approximate surface area is 139 Å². The van der Waals surface area contributed by atoms with Gasteiger partial charge in [0.15, 0.2) is 0 Å². The number of halogens is 1. The summed E-state index contributed by atoms with van der Waals surface area (Å²) in [5.74, 6) is -0.911. The van der Waals surface area contributed by atoms with Crippen molar-refractivity contribution in [1.82, 2.24) is 4.90 Å². The van der Waals surface area contributed by atoms with Crippen LogP contribution in [0.25, 0.3) is 0 Å². The van der Waals surface area contributed by atoms with Crippen LogP contribution in [0.3, 0.4) is 0 Å². The summed E-state index contributed by atoms with van der Waals surface area (Å²) in [6, 6.07) is 4.53. The van der Waals surface area contributed by atoms with Crippen LogP contribution in [-0.2, 0) is 4.79 Å². The summed E-state index contributed by atoms with van der Waals surface area (Å²) >= 11 is 1.57. The summed E-state index contributed by atoms with van der Waals surface area (Å²) in [7, 11) is 0. The van der Waals surface area contributed by atoms with E-state index in [1.807, 2.05) is 0 Å². The number of amides is 1. The number of benzene rings is 1. The van der Waals surface area contributed by atoms with Crippen molar-refractivity contribution in [3.8, 4) is 0 Å². The number of carbonyl (C=O) groups is 2. The van der Waals surface area contributed by atoms with Crippen LogP contribution >= 0.6 is 11.8 Å². The first-order valence-electron chi connectivity index (χ1n) is 8.00. The average Bonchev–Trinajstić information content (AvgIpc) is 3.01. The van der Waals surface area contributed by atoms with Gasteiger partial charge >= 0.3 is 5.97 Å². The van der Waals surface area contributed by atoms with Crippen molar-refractivity contribution < 1.29 is 19.1 Å². The number of hydrogen-bond acceptors (Lipinski definition) is 3. The second-order valence-electron chi connectivity index (χ2n) is 6.20. The third kappa shape index (κ3) is 3.37. The maximum atomic E-state index is 13.1. The second kappa shape index (κ2) is 6.91. The molecule has 1 aliphatic carbocycles. The molecule has 1 aliphatic heterocycles. The highest BCUT2D eigenvalue weighted by Gasteiger charge is 2.45. The Morgan fingerprint density at radius 1 is 1.13 bits per heavy atom. The first kappa shape index (κ1) is 16.3. The molecule has 1 heterocycles. The van der Waals surface area contributed by atoms with Crippen molar-refractivity contribution in [1.29, 1.82) is 0 Å². The standard InChI is InChI=1S/C17H20FNO3S/c18-13-8-6-11(7-9-13)15(20)19-14(17(21)22)10-23-16(19)12-4-2-1-3-5-12/h6-9,12,14,16H,1-5,10H2,(H,21,22). The molecular formula is C17H20FNO3S. The molecule has 124 valence electrons. The van der Waals surface area contributed by atoms with E-state index in [9.17, 15) is 19.1 Å². The molecule has 2 aliphatic rings. The van der Waals surface area contributed by atoms with Gasteiger partial charge in [-0.25, -0.2) is 9.18 Å². The maximum absolute atomic E-state index is 13.1. The number of carboxylic acids is 1. The molecule has 1 amide bonds. The zero-order valence-corrected chi connectivity index (χ0v) is 13.6. The van der Waals surface area contributed by atoms with Crippen molar-refractivity contribution in [2.75, 3.05) is 5.75 Å². The summed E-state index contributed by atoms with van der Waals surface area (Å²) in [4.78, 5) is 25.9. The van der Waals surface area contributed by atoms with E-state index < -0.39 is 17.8 Å². The normalized spacial score (nSPS) is 25.5. The Balaban J connectivity index is 1.87. The first-order valence-corrected chi connectivity index (χ1v) is 9.05. The van der Waals surface area contributed by atoms with E-state index in [-0.39, 0.29) is 11.3 Å². The number of rotatable bonds is 3. The van der Waals surface area contributed by atoms with Gasteiger partial charge in [0.25, 0.3) is 5.91 Å². The zero-order valence-electron chi connectivity index (χ0n) is 12.8. The van der Waals surface area contributed by atoms with Crippen LogP contribution in [0.15, 0.2) is 24.3 Å². The lowest BCUT2D eigenvalue weighted by Gasteiger charge is -2.34. The molecule has 1 N–H and O–H groups in total. The van der Waals surface area contributed by atoms with Crippen LogP contribution in [-0.4, -0.2) is 39.1 Å². The van der Waals surface area contributed by atoms with Crippen molar-refractivity contribution in [2.45, 2.75) is 43.5 Å². The number of carboxylic acid groups (broad SMARTS) is 1. The van der Waals surface area contributed by atoms with Gasteiger partial charge in [-0.3, -0.25) is 4.79 Å². The lowest BCUT2D eigenvalue weighted by Crippen LogP contribution is -2.48. The molecule has 1 aromatic rings. The summed E-state index contributed by atoms with van der Waals surface area (Å²) in [6.45, 7) is 0. The maximum Gasteiger partial charge on any atom is 0.327 e. The Morgan fingerprint density at radius 2 is 1.78 bits per heavy atom. The quantitative estimate of drug-likeness (QED) is 0.919. The Hall–Kier alpha value is -1.56.